The van der Waals surface area contributed by atoms with Crippen molar-refractivity contribution in [3.05, 3.63) is 70.1 Å². The minimum atomic E-state index is -3.72. The molecular formula is C23H24N2O7S. The molecule has 1 N–H and O–H groups in total. The lowest BCUT2D eigenvalue weighted by Gasteiger charge is -2.20. The van der Waals surface area contributed by atoms with Gasteiger partial charge in [0, 0.05) is 24.8 Å². The first kappa shape index (κ1) is 24.1. The molecule has 0 saturated heterocycles. The Kier molecular flexibility index (Phi) is 7.29. The molecule has 0 bridgehead atoms. The summed E-state index contributed by atoms with van der Waals surface area (Å²) in [6.07, 6.45) is 0. The van der Waals surface area contributed by atoms with Crippen LogP contribution in [0.3, 0.4) is 0 Å². The summed E-state index contributed by atoms with van der Waals surface area (Å²) < 4.78 is 37.4. The molecule has 174 valence electrons. The molecular weight excluding hydrogens is 448 g/mol. The molecule has 0 saturated carbocycles. The largest absolute Gasteiger partial charge is 0.450 e. The minimum Gasteiger partial charge on any atom is -0.450 e. The van der Waals surface area contributed by atoms with Gasteiger partial charge in [0.25, 0.3) is 5.91 Å². The normalized spacial score (nSPS) is 11.5. The van der Waals surface area contributed by atoms with Crippen LogP contribution in [0, 0.1) is 6.92 Å². The number of carbonyl (C=O) groups excluding carboxylic acids is 2. The Hall–Kier alpha value is -3.50. The maximum absolute atomic E-state index is 12.9. The molecule has 0 spiro atoms. The Bertz CT molecular complexity index is 1360. The van der Waals surface area contributed by atoms with Crippen LogP contribution in [0.2, 0.25) is 0 Å². The second-order valence-corrected chi connectivity index (χ2v) is 9.07. The fourth-order valence-electron chi connectivity index (χ4n) is 3.26. The third-order valence-corrected chi connectivity index (χ3v) is 7.16. The zero-order valence-corrected chi connectivity index (χ0v) is 19.3. The highest BCUT2D eigenvalue weighted by Gasteiger charge is 2.24. The predicted octanol–water partition coefficient (Wildman–Crippen LogP) is 2.93. The first-order valence-corrected chi connectivity index (χ1v) is 11.7. The Morgan fingerprint density at radius 3 is 2.45 bits per heavy atom. The molecule has 2 aromatic carbocycles. The van der Waals surface area contributed by atoms with Crippen molar-refractivity contribution in [2.75, 3.05) is 25.0 Å². The number of hydrogen-bond acceptors (Lipinski definition) is 7. The number of aryl methyl sites for hydroxylation is 1. The summed E-state index contributed by atoms with van der Waals surface area (Å²) in [6.45, 7) is 5.13. The summed E-state index contributed by atoms with van der Waals surface area (Å²) in [6, 6.07) is 12.0. The highest BCUT2D eigenvalue weighted by atomic mass is 32.2. The monoisotopic (exact) mass is 472 g/mol. The van der Waals surface area contributed by atoms with Crippen molar-refractivity contribution in [3.8, 4) is 0 Å². The second kappa shape index (κ2) is 9.97. The van der Waals surface area contributed by atoms with Gasteiger partial charge in [-0.05, 0) is 36.8 Å². The van der Waals surface area contributed by atoms with E-state index in [0.717, 1.165) is 6.07 Å². The van der Waals surface area contributed by atoms with Crippen molar-refractivity contribution in [2.45, 2.75) is 25.7 Å². The standard InChI is InChI=1S/C23H24N2O7S/c1-4-25(5-2)33(29,30)21-12-16(11-10-15(21)3)24-22(27)14-31-23(28)20-13-18(26)17-8-6-7-9-19(17)32-20/h6-13H,4-5,14H2,1-3H3,(H,24,27). The number of ether oxygens (including phenoxy) is 1. The zero-order chi connectivity index (χ0) is 24.2. The van der Waals surface area contributed by atoms with Crippen LogP contribution < -0.4 is 10.7 Å². The average Bonchev–Trinajstić information content (AvgIpc) is 2.79. The molecule has 0 fully saturated rings. The van der Waals surface area contributed by atoms with Gasteiger partial charge in [-0.25, -0.2) is 13.2 Å². The van der Waals surface area contributed by atoms with E-state index in [9.17, 15) is 22.8 Å². The fourth-order valence-corrected chi connectivity index (χ4v) is 4.97. The number of para-hydroxylation sites is 1. The summed E-state index contributed by atoms with van der Waals surface area (Å²) >= 11 is 0. The topological polar surface area (TPSA) is 123 Å². The van der Waals surface area contributed by atoms with Crippen LogP contribution in [0.4, 0.5) is 5.69 Å². The van der Waals surface area contributed by atoms with Gasteiger partial charge in [0.15, 0.2) is 12.0 Å². The summed E-state index contributed by atoms with van der Waals surface area (Å²) in [7, 11) is -3.72. The number of esters is 1. The van der Waals surface area contributed by atoms with Crippen molar-refractivity contribution in [1.82, 2.24) is 4.31 Å². The molecule has 3 rings (SSSR count). The van der Waals surface area contributed by atoms with E-state index in [0.29, 0.717) is 24.0 Å². The fraction of sp³-hybridized carbons (Fsp3) is 0.261. The van der Waals surface area contributed by atoms with E-state index in [2.05, 4.69) is 5.32 Å². The van der Waals surface area contributed by atoms with Crippen molar-refractivity contribution in [2.24, 2.45) is 0 Å². The number of fused-ring (bicyclic) bond motifs is 1. The second-order valence-electron chi connectivity index (χ2n) is 7.16. The lowest BCUT2D eigenvalue weighted by Crippen LogP contribution is -2.31. The minimum absolute atomic E-state index is 0.0823. The third-order valence-electron chi connectivity index (χ3n) is 4.97. The number of carbonyl (C=O) groups is 2. The molecule has 0 aliphatic carbocycles. The van der Waals surface area contributed by atoms with E-state index < -0.39 is 33.9 Å². The average molecular weight is 473 g/mol. The van der Waals surface area contributed by atoms with E-state index in [1.807, 2.05) is 0 Å². The van der Waals surface area contributed by atoms with E-state index >= 15 is 0 Å². The summed E-state index contributed by atoms with van der Waals surface area (Å²) in [5, 5.41) is 2.83. The number of anilines is 1. The lowest BCUT2D eigenvalue weighted by atomic mass is 10.2. The lowest BCUT2D eigenvalue weighted by molar-refractivity contribution is -0.119. The molecule has 0 atom stereocenters. The van der Waals surface area contributed by atoms with Crippen LogP contribution in [0.25, 0.3) is 11.0 Å². The molecule has 1 heterocycles. The van der Waals surface area contributed by atoms with E-state index in [1.165, 1.54) is 10.4 Å². The molecule has 3 aromatic rings. The van der Waals surface area contributed by atoms with Crippen molar-refractivity contribution in [1.29, 1.82) is 0 Å². The van der Waals surface area contributed by atoms with Gasteiger partial charge in [-0.3, -0.25) is 9.59 Å². The summed E-state index contributed by atoms with van der Waals surface area (Å²) in [5.74, 6) is -1.97. The molecule has 0 aliphatic heterocycles. The number of sulfonamides is 1. The van der Waals surface area contributed by atoms with E-state index in [-0.39, 0.29) is 21.9 Å². The number of benzene rings is 2. The first-order valence-electron chi connectivity index (χ1n) is 10.3. The van der Waals surface area contributed by atoms with Crippen molar-refractivity contribution < 1.29 is 27.2 Å². The van der Waals surface area contributed by atoms with Gasteiger partial charge in [0.2, 0.25) is 15.8 Å². The van der Waals surface area contributed by atoms with Crippen molar-refractivity contribution in [3.63, 3.8) is 0 Å². The number of rotatable bonds is 8. The Morgan fingerprint density at radius 1 is 1.06 bits per heavy atom. The number of hydrogen-bond donors (Lipinski definition) is 1. The molecule has 1 amide bonds. The highest BCUT2D eigenvalue weighted by molar-refractivity contribution is 7.89. The van der Waals surface area contributed by atoms with Crippen LogP contribution in [-0.4, -0.2) is 44.3 Å². The van der Waals surface area contributed by atoms with Gasteiger partial charge in [-0.1, -0.05) is 32.0 Å². The van der Waals surface area contributed by atoms with Crippen LogP contribution >= 0.6 is 0 Å². The maximum Gasteiger partial charge on any atom is 0.374 e. The van der Waals surface area contributed by atoms with Crippen LogP contribution in [0.1, 0.15) is 30.0 Å². The Labute approximate surface area is 191 Å². The highest BCUT2D eigenvalue weighted by Crippen LogP contribution is 2.23. The van der Waals surface area contributed by atoms with E-state index in [4.69, 9.17) is 9.15 Å². The zero-order valence-electron chi connectivity index (χ0n) is 18.5. The smallest absolute Gasteiger partial charge is 0.374 e. The maximum atomic E-state index is 12.9. The van der Waals surface area contributed by atoms with Gasteiger partial charge in [-0.15, -0.1) is 0 Å². The van der Waals surface area contributed by atoms with Crippen LogP contribution in [-0.2, 0) is 19.6 Å². The first-order chi connectivity index (χ1) is 15.7. The van der Waals surface area contributed by atoms with E-state index in [1.54, 1.807) is 57.2 Å². The molecule has 9 nitrogen and oxygen atoms in total. The molecule has 1 aromatic heterocycles. The number of nitrogens with one attached hydrogen (secondary N) is 1. The van der Waals surface area contributed by atoms with Gasteiger partial charge in [0.05, 0.1) is 10.3 Å². The number of amides is 1. The van der Waals surface area contributed by atoms with Gasteiger partial charge in [-0.2, -0.15) is 4.31 Å². The molecule has 33 heavy (non-hydrogen) atoms. The molecule has 10 heteroatoms. The van der Waals surface area contributed by atoms with Crippen LogP contribution in [0.15, 0.2) is 62.6 Å². The van der Waals surface area contributed by atoms with Gasteiger partial charge < -0.3 is 14.5 Å². The van der Waals surface area contributed by atoms with Gasteiger partial charge in [0.1, 0.15) is 5.58 Å². The molecule has 0 aliphatic rings. The quantitative estimate of drug-likeness (QED) is 0.500. The van der Waals surface area contributed by atoms with Crippen LogP contribution in [0.5, 0.6) is 0 Å². The molecule has 0 unspecified atom stereocenters. The molecule has 0 radical (unpaired) electrons. The summed E-state index contributed by atoms with van der Waals surface area (Å²) in [4.78, 5) is 36.7. The van der Waals surface area contributed by atoms with Gasteiger partial charge >= 0.3 is 5.97 Å². The Morgan fingerprint density at radius 2 is 1.76 bits per heavy atom. The third kappa shape index (κ3) is 5.29. The number of nitrogens with zero attached hydrogens (tertiary/aromatic N) is 1. The Balaban J connectivity index is 1.70. The predicted molar refractivity (Wildman–Crippen MR) is 123 cm³/mol. The van der Waals surface area contributed by atoms with Crippen molar-refractivity contribution >= 4 is 38.6 Å². The SMILES string of the molecule is CCN(CC)S(=O)(=O)c1cc(NC(=O)COC(=O)c2cc(=O)c3ccccc3o2)ccc1C. The summed E-state index contributed by atoms with van der Waals surface area (Å²) in [5.41, 5.74) is 0.597.